The predicted molar refractivity (Wildman–Crippen MR) is 70.7 cm³/mol. The van der Waals surface area contributed by atoms with Gasteiger partial charge in [0.15, 0.2) is 5.16 Å². The molecule has 2 aromatic heterocycles. The Hall–Kier alpha value is -1.96. The van der Waals surface area contributed by atoms with Crippen LogP contribution in [0.5, 0.6) is 0 Å². The van der Waals surface area contributed by atoms with Crippen molar-refractivity contribution in [2.75, 3.05) is 0 Å². The lowest BCUT2D eigenvalue weighted by Crippen LogP contribution is -2.05. The number of aromatic nitrogens is 5. The van der Waals surface area contributed by atoms with Gasteiger partial charge in [-0.3, -0.25) is 0 Å². The average molecular weight is 291 g/mol. The molecule has 0 radical (unpaired) electrons. The number of aryl methyl sites for hydroxylation is 1. The van der Waals surface area contributed by atoms with Crippen molar-refractivity contribution in [2.45, 2.75) is 42.4 Å². The fourth-order valence-corrected chi connectivity index (χ4v) is 3.09. The molecule has 2 aromatic rings. The van der Waals surface area contributed by atoms with Crippen LogP contribution >= 0.6 is 11.8 Å². The van der Waals surface area contributed by atoms with Crippen LogP contribution in [0.2, 0.25) is 0 Å². The largest absolute Gasteiger partial charge is 0.478 e. The molecule has 1 N–H and O–H groups in total. The Morgan fingerprint density at radius 3 is 3.00 bits per heavy atom. The van der Waals surface area contributed by atoms with Crippen molar-refractivity contribution in [3.05, 3.63) is 23.7 Å². The van der Waals surface area contributed by atoms with Crippen molar-refractivity contribution in [3.63, 3.8) is 0 Å². The van der Waals surface area contributed by atoms with Crippen molar-refractivity contribution < 1.29 is 9.90 Å². The van der Waals surface area contributed by atoms with Crippen LogP contribution < -0.4 is 0 Å². The van der Waals surface area contributed by atoms with Gasteiger partial charge in [-0.2, -0.15) is 5.10 Å². The van der Waals surface area contributed by atoms with Gasteiger partial charge in [0.1, 0.15) is 10.9 Å². The smallest absolute Gasteiger partial charge is 0.338 e. The molecule has 8 heteroatoms. The number of carboxylic acids is 1. The molecule has 3 heterocycles. The second kappa shape index (κ2) is 5.58. The number of nitrogens with zero attached hydrogens (tertiary/aromatic N) is 5. The molecule has 0 saturated carbocycles. The van der Waals surface area contributed by atoms with Gasteiger partial charge in [0.25, 0.3) is 0 Å². The highest BCUT2D eigenvalue weighted by Crippen LogP contribution is 2.29. The Kier molecular flexibility index (Phi) is 3.64. The van der Waals surface area contributed by atoms with Gasteiger partial charge in [0.2, 0.25) is 0 Å². The minimum atomic E-state index is -1.02. The van der Waals surface area contributed by atoms with Gasteiger partial charge in [-0.05, 0) is 30.7 Å². The lowest BCUT2D eigenvalue weighted by Gasteiger charge is -2.06. The Morgan fingerprint density at radius 1 is 1.25 bits per heavy atom. The molecule has 1 aliphatic rings. The van der Waals surface area contributed by atoms with Crippen molar-refractivity contribution in [1.82, 2.24) is 25.0 Å². The average Bonchev–Trinajstić information content (AvgIpc) is 2.68. The third kappa shape index (κ3) is 2.51. The second-order valence-electron chi connectivity index (χ2n) is 4.52. The molecule has 0 atom stereocenters. The number of hydrogen-bond donors (Lipinski definition) is 1. The summed E-state index contributed by atoms with van der Waals surface area (Å²) in [5, 5.41) is 26.2. The second-order valence-corrected chi connectivity index (χ2v) is 5.47. The first kappa shape index (κ1) is 13.0. The molecule has 0 amide bonds. The number of fused-ring (bicyclic) bond motifs is 1. The summed E-state index contributed by atoms with van der Waals surface area (Å²) in [6.45, 7) is 0.868. The van der Waals surface area contributed by atoms with E-state index in [4.69, 9.17) is 5.11 Å². The molecule has 0 saturated heterocycles. The zero-order valence-electron chi connectivity index (χ0n) is 10.7. The normalized spacial score (nSPS) is 14.6. The quantitative estimate of drug-likeness (QED) is 0.918. The molecule has 0 aliphatic carbocycles. The Labute approximate surface area is 119 Å². The molecular weight excluding hydrogens is 278 g/mol. The number of aromatic carboxylic acids is 1. The molecule has 20 heavy (non-hydrogen) atoms. The molecular formula is C12H13N5O2S. The lowest BCUT2D eigenvalue weighted by atomic mass is 10.2. The first-order valence-corrected chi connectivity index (χ1v) is 7.22. The maximum absolute atomic E-state index is 11.2. The number of rotatable bonds is 3. The summed E-state index contributed by atoms with van der Waals surface area (Å²) >= 11 is 1.21. The molecule has 1 aliphatic heterocycles. The van der Waals surface area contributed by atoms with E-state index in [0.29, 0.717) is 10.2 Å². The fraction of sp³-hybridized carbons (Fsp3) is 0.417. The van der Waals surface area contributed by atoms with E-state index in [1.54, 1.807) is 0 Å². The van der Waals surface area contributed by atoms with E-state index in [1.165, 1.54) is 30.4 Å². The van der Waals surface area contributed by atoms with Crippen LogP contribution in [-0.4, -0.2) is 36.0 Å². The zero-order chi connectivity index (χ0) is 13.9. The monoisotopic (exact) mass is 291 g/mol. The predicted octanol–water partition coefficient (Wildman–Crippen LogP) is 1.64. The third-order valence-electron chi connectivity index (χ3n) is 3.18. The van der Waals surface area contributed by atoms with Gasteiger partial charge < -0.3 is 9.67 Å². The Balaban J connectivity index is 1.92. The van der Waals surface area contributed by atoms with Crippen LogP contribution in [-0.2, 0) is 13.0 Å². The molecule has 0 aromatic carbocycles. The standard InChI is InChI=1S/C12H13N5O2S/c18-11(19)8-5-6-13-15-10(8)20-12-16-14-9-4-2-1-3-7-17(9)12/h5-6H,1-4,7H2,(H,18,19). The Bertz CT molecular complexity index is 643. The molecule has 0 bridgehead atoms. The van der Waals surface area contributed by atoms with E-state index in [0.717, 1.165) is 31.6 Å². The summed E-state index contributed by atoms with van der Waals surface area (Å²) < 4.78 is 2.05. The van der Waals surface area contributed by atoms with Crippen LogP contribution in [0.25, 0.3) is 0 Å². The SMILES string of the molecule is O=C(O)c1ccnnc1Sc1nnc2n1CCCCC2. The van der Waals surface area contributed by atoms with Crippen molar-refractivity contribution in [3.8, 4) is 0 Å². The first-order valence-electron chi connectivity index (χ1n) is 6.40. The molecule has 7 nitrogen and oxygen atoms in total. The van der Waals surface area contributed by atoms with Crippen molar-refractivity contribution >= 4 is 17.7 Å². The van der Waals surface area contributed by atoms with Crippen LogP contribution in [0.4, 0.5) is 0 Å². The lowest BCUT2D eigenvalue weighted by molar-refractivity contribution is 0.0692. The Morgan fingerprint density at radius 2 is 2.15 bits per heavy atom. The van der Waals surface area contributed by atoms with E-state index >= 15 is 0 Å². The first-order chi connectivity index (χ1) is 9.75. The highest BCUT2D eigenvalue weighted by atomic mass is 32.2. The van der Waals surface area contributed by atoms with E-state index in [1.807, 2.05) is 0 Å². The maximum atomic E-state index is 11.2. The summed E-state index contributed by atoms with van der Waals surface area (Å²) in [5.74, 6) is -0.0521. The van der Waals surface area contributed by atoms with E-state index < -0.39 is 5.97 Å². The van der Waals surface area contributed by atoms with Crippen LogP contribution in [0, 0.1) is 0 Å². The van der Waals surface area contributed by atoms with Crippen molar-refractivity contribution in [2.24, 2.45) is 0 Å². The van der Waals surface area contributed by atoms with Gasteiger partial charge in [0.05, 0.1) is 11.8 Å². The molecule has 0 spiro atoms. The van der Waals surface area contributed by atoms with E-state index in [9.17, 15) is 4.79 Å². The number of carbonyl (C=O) groups is 1. The summed E-state index contributed by atoms with van der Waals surface area (Å²) in [4.78, 5) is 11.2. The van der Waals surface area contributed by atoms with Crippen LogP contribution in [0.1, 0.15) is 35.4 Å². The summed E-state index contributed by atoms with van der Waals surface area (Å²) in [5.41, 5.74) is 0.135. The number of hydrogen-bond acceptors (Lipinski definition) is 6. The highest BCUT2D eigenvalue weighted by Gasteiger charge is 2.19. The maximum Gasteiger partial charge on any atom is 0.338 e. The zero-order valence-corrected chi connectivity index (χ0v) is 11.5. The third-order valence-corrected chi connectivity index (χ3v) is 4.16. The minimum absolute atomic E-state index is 0.135. The minimum Gasteiger partial charge on any atom is -0.478 e. The van der Waals surface area contributed by atoms with Gasteiger partial charge in [-0.1, -0.05) is 6.42 Å². The molecule has 0 unspecified atom stereocenters. The van der Waals surface area contributed by atoms with Crippen molar-refractivity contribution in [1.29, 1.82) is 0 Å². The van der Waals surface area contributed by atoms with Gasteiger partial charge in [-0.15, -0.1) is 15.3 Å². The highest BCUT2D eigenvalue weighted by molar-refractivity contribution is 7.99. The van der Waals surface area contributed by atoms with E-state index in [2.05, 4.69) is 25.0 Å². The summed E-state index contributed by atoms with van der Waals surface area (Å²) in [6, 6.07) is 1.44. The molecule has 3 rings (SSSR count). The van der Waals surface area contributed by atoms with Gasteiger partial charge >= 0.3 is 5.97 Å². The van der Waals surface area contributed by atoms with Gasteiger partial charge in [-0.25, -0.2) is 4.79 Å². The topological polar surface area (TPSA) is 93.8 Å². The molecule has 0 fully saturated rings. The number of carboxylic acid groups (broad SMARTS) is 1. The fourth-order valence-electron chi connectivity index (χ4n) is 2.18. The van der Waals surface area contributed by atoms with Crippen LogP contribution in [0.3, 0.4) is 0 Å². The van der Waals surface area contributed by atoms with E-state index in [-0.39, 0.29) is 5.56 Å². The molecule has 104 valence electrons. The summed E-state index contributed by atoms with van der Waals surface area (Å²) in [6.07, 6.45) is 5.68. The summed E-state index contributed by atoms with van der Waals surface area (Å²) in [7, 11) is 0. The van der Waals surface area contributed by atoms with Crippen LogP contribution in [0.15, 0.2) is 22.4 Å². The van der Waals surface area contributed by atoms with Gasteiger partial charge in [0, 0.05) is 13.0 Å².